The topological polar surface area (TPSA) is 78.5 Å². The number of para-hydroxylation sites is 1. The van der Waals surface area contributed by atoms with Crippen molar-refractivity contribution in [3.63, 3.8) is 0 Å². The molecule has 0 aliphatic carbocycles. The fraction of sp³-hybridized carbons (Fsp3) is 0.588. The minimum Gasteiger partial charge on any atom is -0.384 e. The van der Waals surface area contributed by atoms with Crippen LogP contribution in [0.5, 0.6) is 0 Å². The van der Waals surface area contributed by atoms with Crippen molar-refractivity contribution in [3.05, 3.63) is 29.8 Å². The Balaban J connectivity index is 1.69. The van der Waals surface area contributed by atoms with E-state index in [9.17, 15) is 13.2 Å². The third-order valence-corrected chi connectivity index (χ3v) is 6.27. The van der Waals surface area contributed by atoms with Crippen molar-refractivity contribution in [2.45, 2.75) is 39.2 Å². The predicted octanol–water partition coefficient (Wildman–Crippen LogP) is 1.73. The van der Waals surface area contributed by atoms with Gasteiger partial charge in [0.15, 0.2) is 0 Å². The molecule has 0 spiro atoms. The van der Waals surface area contributed by atoms with Gasteiger partial charge in [-0.2, -0.15) is 0 Å². The standard InChI is InChI=1S/C17H27N3O3S/c1-3-24(22,23)20-12-9-15(10-13-20)19-17(21)8-11-18-16-7-5-4-6-14(16)2/h4-7,15,18H,3,8-13H2,1-2H3,(H,19,21). The maximum absolute atomic E-state index is 12.0. The maximum atomic E-state index is 12.0. The molecular weight excluding hydrogens is 326 g/mol. The zero-order chi connectivity index (χ0) is 17.6. The summed E-state index contributed by atoms with van der Waals surface area (Å²) in [6.07, 6.45) is 1.76. The molecule has 1 heterocycles. The van der Waals surface area contributed by atoms with E-state index < -0.39 is 10.0 Å². The van der Waals surface area contributed by atoms with Gasteiger partial charge in [0.25, 0.3) is 0 Å². The molecule has 0 aromatic heterocycles. The van der Waals surface area contributed by atoms with Crippen molar-refractivity contribution in [2.24, 2.45) is 0 Å². The highest BCUT2D eigenvalue weighted by Crippen LogP contribution is 2.15. The first-order valence-corrected chi connectivity index (χ1v) is 10.1. The second-order valence-corrected chi connectivity index (χ2v) is 8.39. The van der Waals surface area contributed by atoms with Gasteiger partial charge in [0.1, 0.15) is 0 Å². The molecule has 1 fully saturated rings. The number of rotatable bonds is 7. The maximum Gasteiger partial charge on any atom is 0.221 e. The van der Waals surface area contributed by atoms with Gasteiger partial charge in [-0.3, -0.25) is 4.79 Å². The number of carbonyl (C=O) groups excluding carboxylic acids is 1. The number of anilines is 1. The molecule has 1 aliphatic rings. The Morgan fingerprint density at radius 1 is 1.25 bits per heavy atom. The van der Waals surface area contributed by atoms with Crippen LogP contribution in [0.2, 0.25) is 0 Å². The number of nitrogens with one attached hydrogen (secondary N) is 2. The fourth-order valence-corrected chi connectivity index (χ4v) is 3.97. The molecule has 0 radical (unpaired) electrons. The van der Waals surface area contributed by atoms with Crippen molar-refractivity contribution in [1.82, 2.24) is 9.62 Å². The molecule has 1 aliphatic heterocycles. The number of hydrogen-bond acceptors (Lipinski definition) is 4. The van der Waals surface area contributed by atoms with Crippen LogP contribution >= 0.6 is 0 Å². The number of amides is 1. The Labute approximate surface area is 144 Å². The van der Waals surface area contributed by atoms with Crippen molar-refractivity contribution in [1.29, 1.82) is 0 Å². The van der Waals surface area contributed by atoms with Crippen LogP contribution in [0.1, 0.15) is 31.7 Å². The van der Waals surface area contributed by atoms with E-state index in [0.29, 0.717) is 38.9 Å². The highest BCUT2D eigenvalue weighted by atomic mass is 32.2. The van der Waals surface area contributed by atoms with Gasteiger partial charge in [-0.15, -0.1) is 0 Å². The molecule has 0 bridgehead atoms. The third-order valence-electron chi connectivity index (χ3n) is 4.39. The molecule has 2 N–H and O–H groups in total. The van der Waals surface area contributed by atoms with Gasteiger partial charge in [-0.1, -0.05) is 18.2 Å². The summed E-state index contributed by atoms with van der Waals surface area (Å²) in [6.45, 7) is 5.25. The first-order chi connectivity index (χ1) is 11.4. The Kier molecular flexibility index (Phi) is 6.62. The highest BCUT2D eigenvalue weighted by Gasteiger charge is 2.27. The first-order valence-electron chi connectivity index (χ1n) is 8.49. The van der Waals surface area contributed by atoms with Crippen LogP contribution in [0, 0.1) is 6.92 Å². The number of sulfonamides is 1. The average Bonchev–Trinajstić information content (AvgIpc) is 2.57. The summed E-state index contributed by atoms with van der Waals surface area (Å²) < 4.78 is 25.2. The SMILES string of the molecule is CCS(=O)(=O)N1CCC(NC(=O)CCNc2ccccc2C)CC1. The lowest BCUT2D eigenvalue weighted by molar-refractivity contribution is -0.121. The molecule has 0 unspecified atom stereocenters. The summed E-state index contributed by atoms with van der Waals surface area (Å²) in [5.74, 6) is 0.141. The van der Waals surface area contributed by atoms with Gasteiger partial charge in [0.05, 0.1) is 5.75 Å². The van der Waals surface area contributed by atoms with Crippen LogP contribution in [-0.4, -0.2) is 50.1 Å². The summed E-state index contributed by atoms with van der Waals surface area (Å²) in [7, 11) is -3.11. The van der Waals surface area contributed by atoms with Gasteiger partial charge in [-0.05, 0) is 38.3 Å². The van der Waals surface area contributed by atoms with Gasteiger partial charge in [0.2, 0.25) is 15.9 Å². The van der Waals surface area contributed by atoms with Gasteiger partial charge in [-0.25, -0.2) is 12.7 Å². The molecular formula is C17H27N3O3S. The molecule has 6 nitrogen and oxygen atoms in total. The van der Waals surface area contributed by atoms with Crippen LogP contribution < -0.4 is 10.6 Å². The Hall–Kier alpha value is -1.60. The largest absolute Gasteiger partial charge is 0.384 e. The minimum atomic E-state index is -3.11. The number of aryl methyl sites for hydroxylation is 1. The van der Waals surface area contributed by atoms with Crippen molar-refractivity contribution < 1.29 is 13.2 Å². The van der Waals surface area contributed by atoms with E-state index >= 15 is 0 Å². The van der Waals surface area contributed by atoms with Crippen LogP contribution in [-0.2, 0) is 14.8 Å². The number of carbonyl (C=O) groups is 1. The summed E-state index contributed by atoms with van der Waals surface area (Å²) in [5.41, 5.74) is 2.20. The van der Waals surface area contributed by atoms with E-state index in [2.05, 4.69) is 10.6 Å². The summed E-state index contributed by atoms with van der Waals surface area (Å²) in [5, 5.41) is 6.28. The molecule has 0 saturated carbocycles. The van der Waals surface area contributed by atoms with Crippen LogP contribution in [0.25, 0.3) is 0 Å². The van der Waals surface area contributed by atoms with Crippen LogP contribution in [0.4, 0.5) is 5.69 Å². The first kappa shape index (κ1) is 18.7. The fourth-order valence-electron chi connectivity index (χ4n) is 2.84. The van der Waals surface area contributed by atoms with E-state index in [1.54, 1.807) is 6.92 Å². The molecule has 1 aromatic carbocycles. The molecule has 24 heavy (non-hydrogen) atoms. The number of nitrogens with zero attached hydrogens (tertiary/aromatic N) is 1. The van der Waals surface area contributed by atoms with Crippen molar-refractivity contribution >= 4 is 21.6 Å². The third kappa shape index (κ3) is 5.21. The highest BCUT2D eigenvalue weighted by molar-refractivity contribution is 7.89. The zero-order valence-electron chi connectivity index (χ0n) is 14.4. The van der Waals surface area contributed by atoms with Gasteiger partial charge >= 0.3 is 0 Å². The molecule has 7 heteroatoms. The Morgan fingerprint density at radius 2 is 1.92 bits per heavy atom. The van der Waals surface area contributed by atoms with E-state index in [1.165, 1.54) is 4.31 Å². The second kappa shape index (κ2) is 8.48. The molecule has 1 amide bonds. The van der Waals surface area contributed by atoms with Crippen LogP contribution in [0.3, 0.4) is 0 Å². The Bertz CT molecular complexity index is 653. The monoisotopic (exact) mass is 353 g/mol. The van der Waals surface area contributed by atoms with Crippen LogP contribution in [0.15, 0.2) is 24.3 Å². The van der Waals surface area contributed by atoms with E-state index in [1.807, 2.05) is 31.2 Å². The van der Waals surface area contributed by atoms with E-state index in [0.717, 1.165) is 11.3 Å². The van der Waals surface area contributed by atoms with E-state index in [4.69, 9.17) is 0 Å². The number of hydrogen-bond donors (Lipinski definition) is 2. The lowest BCUT2D eigenvalue weighted by Gasteiger charge is -2.31. The lowest BCUT2D eigenvalue weighted by Crippen LogP contribution is -2.47. The summed E-state index contributed by atoms with van der Waals surface area (Å²) in [6, 6.07) is 8.04. The zero-order valence-corrected chi connectivity index (χ0v) is 15.2. The molecule has 134 valence electrons. The normalized spacial score (nSPS) is 16.8. The molecule has 1 aromatic rings. The molecule has 1 saturated heterocycles. The van der Waals surface area contributed by atoms with Gasteiger partial charge < -0.3 is 10.6 Å². The lowest BCUT2D eigenvalue weighted by atomic mass is 10.1. The summed E-state index contributed by atoms with van der Waals surface area (Å²) in [4.78, 5) is 12.0. The number of benzene rings is 1. The Morgan fingerprint density at radius 3 is 2.54 bits per heavy atom. The molecule has 0 atom stereocenters. The number of piperidine rings is 1. The minimum absolute atomic E-state index is 0.00730. The van der Waals surface area contributed by atoms with Gasteiger partial charge in [0, 0.05) is 37.8 Å². The second-order valence-electron chi connectivity index (χ2n) is 6.13. The van der Waals surface area contributed by atoms with Crippen molar-refractivity contribution in [3.8, 4) is 0 Å². The predicted molar refractivity (Wildman–Crippen MR) is 96.5 cm³/mol. The smallest absolute Gasteiger partial charge is 0.221 e. The summed E-state index contributed by atoms with van der Waals surface area (Å²) >= 11 is 0. The average molecular weight is 353 g/mol. The quantitative estimate of drug-likeness (QED) is 0.782. The molecule has 2 rings (SSSR count). The van der Waals surface area contributed by atoms with Crippen molar-refractivity contribution in [2.75, 3.05) is 30.7 Å². The van der Waals surface area contributed by atoms with E-state index in [-0.39, 0.29) is 17.7 Å².